The van der Waals surface area contributed by atoms with Gasteiger partial charge in [-0.2, -0.15) is 0 Å². The molecule has 0 unspecified atom stereocenters. The van der Waals surface area contributed by atoms with E-state index in [9.17, 15) is 17.6 Å². The molecule has 2 aromatic rings. The van der Waals surface area contributed by atoms with Gasteiger partial charge in [0, 0.05) is 38.3 Å². The lowest BCUT2D eigenvalue weighted by atomic mass is 9.95. The molecule has 174 valence electrons. The molecule has 32 heavy (non-hydrogen) atoms. The average molecular weight is 485 g/mol. The zero-order chi connectivity index (χ0) is 24.0. The van der Waals surface area contributed by atoms with Crippen LogP contribution in [0.3, 0.4) is 0 Å². The zero-order valence-electron chi connectivity index (χ0n) is 18.8. The van der Waals surface area contributed by atoms with Crippen LogP contribution in [0.4, 0.5) is 4.39 Å². The lowest BCUT2D eigenvalue weighted by molar-refractivity contribution is 0.0763. The van der Waals surface area contributed by atoms with Crippen LogP contribution >= 0.6 is 11.6 Å². The van der Waals surface area contributed by atoms with Gasteiger partial charge in [0.15, 0.2) is 11.5 Å². The van der Waals surface area contributed by atoms with Gasteiger partial charge >= 0.3 is 0 Å². The summed E-state index contributed by atoms with van der Waals surface area (Å²) in [5.74, 6) is -0.760. The van der Waals surface area contributed by atoms with E-state index >= 15 is 0 Å². The number of fused-ring (bicyclic) bond motifs is 1. The third kappa shape index (κ3) is 3.93. The maximum absolute atomic E-state index is 13.6. The molecule has 0 radical (unpaired) electrons. The fourth-order valence-electron chi connectivity index (χ4n) is 3.94. The van der Waals surface area contributed by atoms with Crippen LogP contribution in [-0.2, 0) is 23.1 Å². The number of benzene rings is 2. The highest BCUT2D eigenvalue weighted by Gasteiger charge is 2.42. The molecule has 0 aromatic heterocycles. The van der Waals surface area contributed by atoms with Gasteiger partial charge in [-0.3, -0.25) is 4.79 Å². The minimum absolute atomic E-state index is 0.0473. The van der Waals surface area contributed by atoms with E-state index in [0.29, 0.717) is 16.7 Å². The first-order chi connectivity index (χ1) is 14.9. The van der Waals surface area contributed by atoms with Crippen molar-refractivity contribution in [3.63, 3.8) is 0 Å². The van der Waals surface area contributed by atoms with Gasteiger partial charge in [-0.1, -0.05) is 31.5 Å². The van der Waals surface area contributed by atoms with Crippen molar-refractivity contribution in [3.8, 4) is 11.5 Å². The van der Waals surface area contributed by atoms with Gasteiger partial charge in [-0.25, -0.2) is 17.1 Å². The first-order valence-corrected chi connectivity index (χ1v) is 11.7. The van der Waals surface area contributed by atoms with Crippen molar-refractivity contribution in [2.75, 3.05) is 28.3 Å². The van der Waals surface area contributed by atoms with Crippen LogP contribution in [0, 0.1) is 5.82 Å². The van der Waals surface area contributed by atoms with Gasteiger partial charge in [0.05, 0.1) is 29.7 Å². The monoisotopic (exact) mass is 484 g/mol. The van der Waals surface area contributed by atoms with E-state index in [-0.39, 0.29) is 46.0 Å². The molecule has 2 aromatic carbocycles. The van der Waals surface area contributed by atoms with Crippen molar-refractivity contribution in [1.29, 1.82) is 0 Å². The van der Waals surface area contributed by atoms with Gasteiger partial charge < -0.3 is 14.4 Å². The highest BCUT2D eigenvalue weighted by molar-refractivity contribution is 7.89. The summed E-state index contributed by atoms with van der Waals surface area (Å²) in [4.78, 5) is 14.9. The van der Waals surface area contributed by atoms with E-state index in [0.717, 1.165) is 4.31 Å². The van der Waals surface area contributed by atoms with Crippen molar-refractivity contribution in [1.82, 2.24) is 9.21 Å². The SMILES string of the molecule is COc1c(OC)c(C(C)C)c(S(=O)(=O)N(C)C)c2c1C(=O)N(Cc1ccc(F)c(Cl)c1)C2. The second kappa shape index (κ2) is 8.88. The van der Waals surface area contributed by atoms with Crippen molar-refractivity contribution < 1.29 is 27.1 Å². The zero-order valence-corrected chi connectivity index (χ0v) is 20.4. The van der Waals surface area contributed by atoms with Crippen LogP contribution in [-0.4, -0.2) is 51.8 Å². The average Bonchev–Trinajstić information content (AvgIpc) is 3.04. The van der Waals surface area contributed by atoms with Crippen LogP contribution in [0.2, 0.25) is 5.02 Å². The van der Waals surface area contributed by atoms with E-state index in [4.69, 9.17) is 21.1 Å². The van der Waals surface area contributed by atoms with E-state index in [1.165, 1.54) is 51.4 Å². The Labute approximate surface area is 192 Å². The smallest absolute Gasteiger partial charge is 0.258 e. The largest absolute Gasteiger partial charge is 0.492 e. The second-order valence-electron chi connectivity index (χ2n) is 8.01. The molecule has 0 aliphatic carbocycles. The Morgan fingerprint density at radius 1 is 1.19 bits per heavy atom. The van der Waals surface area contributed by atoms with E-state index in [1.807, 2.05) is 13.8 Å². The molecular formula is C22H26ClFN2O5S. The molecule has 10 heteroatoms. The number of halogens is 2. The summed E-state index contributed by atoms with van der Waals surface area (Å²) in [7, 11) is 1.80. The number of sulfonamides is 1. The number of carbonyl (C=O) groups is 1. The fourth-order valence-corrected chi connectivity index (χ4v) is 5.59. The molecule has 1 aliphatic heterocycles. The number of carbonyl (C=O) groups excluding carboxylic acids is 1. The van der Waals surface area contributed by atoms with Gasteiger partial charge in [0.2, 0.25) is 10.0 Å². The molecule has 0 spiro atoms. The van der Waals surface area contributed by atoms with Crippen molar-refractivity contribution in [3.05, 3.63) is 51.3 Å². The number of hydrogen-bond acceptors (Lipinski definition) is 5. The summed E-state index contributed by atoms with van der Waals surface area (Å²) in [6.07, 6.45) is 0. The predicted molar refractivity (Wildman–Crippen MR) is 119 cm³/mol. The molecule has 0 bridgehead atoms. The van der Waals surface area contributed by atoms with E-state index in [1.54, 1.807) is 0 Å². The predicted octanol–water partition coefficient (Wildman–Crippen LogP) is 4.03. The number of hydrogen-bond donors (Lipinski definition) is 0. The Hall–Kier alpha value is -2.36. The van der Waals surface area contributed by atoms with Crippen molar-refractivity contribution in [2.24, 2.45) is 0 Å². The lowest BCUT2D eigenvalue weighted by Gasteiger charge is -2.24. The lowest BCUT2D eigenvalue weighted by Crippen LogP contribution is -2.26. The molecule has 3 rings (SSSR count). The fraction of sp³-hybridized carbons (Fsp3) is 0.409. The second-order valence-corrected chi connectivity index (χ2v) is 10.5. The summed E-state index contributed by atoms with van der Waals surface area (Å²) in [6, 6.07) is 4.21. The Bertz CT molecular complexity index is 1180. The summed E-state index contributed by atoms with van der Waals surface area (Å²) < 4.78 is 52.5. The Morgan fingerprint density at radius 2 is 1.81 bits per heavy atom. The van der Waals surface area contributed by atoms with Crippen LogP contribution in [0.15, 0.2) is 23.1 Å². The highest BCUT2D eigenvalue weighted by atomic mass is 35.5. The topological polar surface area (TPSA) is 76.1 Å². The third-order valence-corrected chi connectivity index (χ3v) is 7.66. The first kappa shape index (κ1) is 24.3. The molecule has 0 N–H and O–H groups in total. The number of amides is 1. The number of rotatable bonds is 7. The minimum Gasteiger partial charge on any atom is -0.492 e. The maximum Gasteiger partial charge on any atom is 0.258 e. The molecule has 0 saturated heterocycles. The number of nitrogens with zero attached hydrogens (tertiary/aromatic N) is 2. The Morgan fingerprint density at radius 3 is 2.31 bits per heavy atom. The molecule has 0 saturated carbocycles. The number of methoxy groups -OCH3 is 2. The molecular weight excluding hydrogens is 459 g/mol. The van der Waals surface area contributed by atoms with Crippen molar-refractivity contribution >= 4 is 27.5 Å². The van der Waals surface area contributed by atoms with Gasteiger partial charge in [-0.05, 0) is 23.6 Å². The minimum atomic E-state index is -3.92. The number of ether oxygens (including phenoxy) is 2. The molecule has 1 aliphatic rings. The quantitative estimate of drug-likeness (QED) is 0.593. The van der Waals surface area contributed by atoms with Gasteiger partial charge in [-0.15, -0.1) is 0 Å². The Kier molecular flexibility index (Phi) is 6.74. The summed E-state index contributed by atoms with van der Waals surface area (Å²) in [5.41, 5.74) is 1.58. The normalized spacial score (nSPS) is 13.8. The van der Waals surface area contributed by atoms with Crippen LogP contribution < -0.4 is 9.47 Å². The summed E-state index contributed by atoms with van der Waals surface area (Å²) in [5, 5.41) is -0.0520. The van der Waals surface area contributed by atoms with E-state index in [2.05, 4.69) is 0 Å². The molecule has 7 nitrogen and oxygen atoms in total. The molecule has 0 fully saturated rings. The first-order valence-electron chi connectivity index (χ1n) is 9.92. The molecule has 1 amide bonds. The molecule has 1 heterocycles. The Balaban J connectivity index is 2.26. The molecule has 0 atom stereocenters. The van der Waals surface area contributed by atoms with Crippen molar-refractivity contribution in [2.45, 2.75) is 37.8 Å². The maximum atomic E-state index is 13.6. The summed E-state index contributed by atoms with van der Waals surface area (Å²) in [6.45, 7) is 3.88. The van der Waals surface area contributed by atoms with Crippen LogP contribution in [0.25, 0.3) is 0 Å². The van der Waals surface area contributed by atoms with Gasteiger partial charge in [0.25, 0.3) is 5.91 Å². The highest BCUT2D eigenvalue weighted by Crippen LogP contribution is 2.48. The van der Waals surface area contributed by atoms with Crippen LogP contribution in [0.1, 0.15) is 46.8 Å². The summed E-state index contributed by atoms with van der Waals surface area (Å²) >= 11 is 5.89. The third-order valence-electron chi connectivity index (χ3n) is 5.43. The van der Waals surface area contributed by atoms with Crippen LogP contribution in [0.5, 0.6) is 11.5 Å². The van der Waals surface area contributed by atoms with Gasteiger partial charge in [0.1, 0.15) is 5.82 Å². The van der Waals surface area contributed by atoms with E-state index < -0.39 is 21.7 Å². The standard InChI is InChI=1S/C22H26ClFN2O5S/c1-12(2)17-19(30-5)20(31-6)18-14(21(17)32(28,29)25(3)4)11-26(22(18)27)10-13-7-8-16(24)15(23)9-13/h7-9,12H,10-11H2,1-6H3.